The van der Waals surface area contributed by atoms with E-state index in [0.717, 1.165) is 11.3 Å². The van der Waals surface area contributed by atoms with Gasteiger partial charge in [0.1, 0.15) is 5.82 Å². The summed E-state index contributed by atoms with van der Waals surface area (Å²) in [6.07, 6.45) is 0.510. The topological polar surface area (TPSA) is 64.9 Å². The third-order valence-corrected chi connectivity index (χ3v) is 2.91. The van der Waals surface area contributed by atoms with Crippen molar-refractivity contribution in [3.05, 3.63) is 41.5 Å². The van der Waals surface area contributed by atoms with Crippen LogP contribution in [-0.2, 0) is 6.42 Å². The maximum atomic E-state index is 12.7. The van der Waals surface area contributed by atoms with Gasteiger partial charge in [-0.1, -0.05) is 23.9 Å². The van der Waals surface area contributed by atoms with E-state index in [2.05, 4.69) is 10.2 Å². The van der Waals surface area contributed by atoms with Crippen molar-refractivity contribution in [3.63, 3.8) is 0 Å². The van der Waals surface area contributed by atoms with E-state index in [1.54, 1.807) is 12.1 Å². The van der Waals surface area contributed by atoms with Gasteiger partial charge in [0.25, 0.3) is 5.22 Å². The average molecular weight is 253 g/mol. The summed E-state index contributed by atoms with van der Waals surface area (Å²) in [6, 6.07) is 6.23. The van der Waals surface area contributed by atoms with Crippen molar-refractivity contribution >= 4 is 11.8 Å². The third kappa shape index (κ3) is 3.54. The number of thioether (sulfide) groups is 1. The first-order chi connectivity index (χ1) is 8.28. The average Bonchev–Trinajstić information content (AvgIpc) is 2.77. The van der Waals surface area contributed by atoms with E-state index in [-0.39, 0.29) is 5.82 Å². The first-order valence-electron chi connectivity index (χ1n) is 5.17. The highest BCUT2D eigenvalue weighted by molar-refractivity contribution is 7.99. The minimum atomic E-state index is -0.251. The van der Waals surface area contributed by atoms with Gasteiger partial charge in [-0.15, -0.1) is 10.2 Å². The minimum absolute atomic E-state index is 0.251. The van der Waals surface area contributed by atoms with Gasteiger partial charge in [0.15, 0.2) is 0 Å². The van der Waals surface area contributed by atoms with Crippen molar-refractivity contribution in [1.29, 1.82) is 0 Å². The zero-order valence-electron chi connectivity index (χ0n) is 9.10. The molecule has 2 rings (SSSR count). The number of aromatic nitrogens is 2. The normalized spacial score (nSPS) is 10.7. The monoisotopic (exact) mass is 253 g/mol. The zero-order chi connectivity index (χ0) is 12.1. The Kier molecular flexibility index (Phi) is 4.11. The van der Waals surface area contributed by atoms with Crippen LogP contribution in [0.25, 0.3) is 0 Å². The van der Waals surface area contributed by atoms with Crippen LogP contribution in [0.3, 0.4) is 0 Å². The molecule has 2 N–H and O–H groups in total. The van der Waals surface area contributed by atoms with Gasteiger partial charge < -0.3 is 10.2 Å². The molecule has 90 valence electrons. The number of rotatable bonds is 5. The molecule has 17 heavy (non-hydrogen) atoms. The molecule has 1 aromatic carbocycles. The minimum Gasteiger partial charge on any atom is -0.416 e. The fourth-order valence-corrected chi connectivity index (χ4v) is 1.84. The lowest BCUT2D eigenvalue weighted by atomic mass is 10.1. The molecule has 4 nitrogen and oxygen atoms in total. The molecule has 6 heteroatoms. The van der Waals surface area contributed by atoms with E-state index in [9.17, 15) is 4.39 Å². The summed E-state index contributed by atoms with van der Waals surface area (Å²) in [7, 11) is 0. The van der Waals surface area contributed by atoms with Crippen LogP contribution in [0, 0.1) is 5.82 Å². The summed E-state index contributed by atoms with van der Waals surface area (Å²) < 4.78 is 18.1. The molecule has 0 atom stereocenters. The summed E-state index contributed by atoms with van der Waals surface area (Å²) in [5.74, 6) is 1.02. The summed E-state index contributed by atoms with van der Waals surface area (Å²) in [5, 5.41) is 8.32. The Hall–Kier alpha value is -1.40. The van der Waals surface area contributed by atoms with E-state index in [0.29, 0.717) is 24.1 Å². The Morgan fingerprint density at radius 1 is 1.24 bits per heavy atom. The van der Waals surface area contributed by atoms with Gasteiger partial charge in [0.05, 0.1) is 6.42 Å². The quantitative estimate of drug-likeness (QED) is 0.824. The first kappa shape index (κ1) is 12.1. The van der Waals surface area contributed by atoms with Crippen molar-refractivity contribution in [3.8, 4) is 0 Å². The molecule has 0 unspecified atom stereocenters. The molecule has 0 spiro atoms. The summed E-state index contributed by atoms with van der Waals surface area (Å²) >= 11 is 1.43. The Balaban J connectivity index is 1.98. The van der Waals surface area contributed by atoms with Gasteiger partial charge in [-0.3, -0.25) is 0 Å². The largest absolute Gasteiger partial charge is 0.416 e. The fourth-order valence-electron chi connectivity index (χ4n) is 1.29. The Morgan fingerprint density at radius 3 is 2.71 bits per heavy atom. The lowest BCUT2D eigenvalue weighted by molar-refractivity contribution is 0.420. The van der Waals surface area contributed by atoms with Gasteiger partial charge in [-0.2, -0.15) is 0 Å². The summed E-state index contributed by atoms with van der Waals surface area (Å²) in [5.41, 5.74) is 6.31. The Bertz CT molecular complexity index is 472. The second-order valence-electron chi connectivity index (χ2n) is 3.40. The lowest BCUT2D eigenvalue weighted by Crippen LogP contribution is -2.00. The maximum Gasteiger partial charge on any atom is 0.276 e. The van der Waals surface area contributed by atoms with Gasteiger partial charge >= 0.3 is 0 Å². The van der Waals surface area contributed by atoms with Gasteiger partial charge in [0.2, 0.25) is 5.89 Å². The smallest absolute Gasteiger partial charge is 0.276 e. The molecule has 0 aliphatic heterocycles. The summed E-state index contributed by atoms with van der Waals surface area (Å²) in [6.45, 7) is 0.570. The van der Waals surface area contributed by atoms with Crippen LogP contribution in [0.2, 0.25) is 0 Å². The molecule has 0 saturated carbocycles. The molecule has 0 aliphatic rings. The van der Waals surface area contributed by atoms with Crippen molar-refractivity contribution in [2.24, 2.45) is 5.73 Å². The Morgan fingerprint density at radius 2 is 2.00 bits per heavy atom. The maximum absolute atomic E-state index is 12.7. The van der Waals surface area contributed by atoms with Crippen LogP contribution < -0.4 is 5.73 Å². The van der Waals surface area contributed by atoms with Crippen LogP contribution >= 0.6 is 11.8 Å². The molecule has 1 heterocycles. The highest BCUT2D eigenvalue weighted by Crippen LogP contribution is 2.17. The second kappa shape index (κ2) is 5.79. The standard InChI is InChI=1S/C11H12FN3OS/c12-9-3-1-8(2-4-9)7-10-14-15-11(16-10)17-6-5-13/h1-4H,5-7,13H2. The molecule has 0 saturated heterocycles. The molecule has 2 aromatic rings. The molecule has 0 aliphatic carbocycles. The fraction of sp³-hybridized carbons (Fsp3) is 0.273. The van der Waals surface area contributed by atoms with Crippen LogP contribution in [-0.4, -0.2) is 22.5 Å². The predicted molar refractivity (Wildman–Crippen MR) is 63.3 cm³/mol. The first-order valence-corrected chi connectivity index (χ1v) is 6.16. The van der Waals surface area contributed by atoms with Gasteiger partial charge in [-0.05, 0) is 17.7 Å². The van der Waals surface area contributed by atoms with Crippen molar-refractivity contribution < 1.29 is 8.81 Å². The van der Waals surface area contributed by atoms with Crippen LogP contribution in [0.15, 0.2) is 33.9 Å². The zero-order valence-corrected chi connectivity index (χ0v) is 9.91. The number of halogens is 1. The van der Waals surface area contributed by atoms with Crippen LogP contribution in [0.5, 0.6) is 0 Å². The molecular weight excluding hydrogens is 241 g/mol. The SMILES string of the molecule is NCCSc1nnc(Cc2ccc(F)cc2)o1. The van der Waals surface area contributed by atoms with Gasteiger partial charge in [0, 0.05) is 12.3 Å². The van der Waals surface area contributed by atoms with Crippen molar-refractivity contribution in [2.45, 2.75) is 11.6 Å². The Labute approximate surface area is 102 Å². The molecule has 0 amide bonds. The predicted octanol–water partition coefficient (Wildman–Crippen LogP) is 1.85. The van der Waals surface area contributed by atoms with Crippen molar-refractivity contribution in [1.82, 2.24) is 10.2 Å². The highest BCUT2D eigenvalue weighted by Gasteiger charge is 2.07. The number of nitrogens with two attached hydrogens (primary N) is 1. The van der Waals surface area contributed by atoms with Crippen LogP contribution in [0.1, 0.15) is 11.5 Å². The molecule has 0 bridgehead atoms. The third-order valence-electron chi connectivity index (χ3n) is 2.06. The van der Waals surface area contributed by atoms with E-state index in [1.165, 1.54) is 23.9 Å². The van der Waals surface area contributed by atoms with E-state index >= 15 is 0 Å². The summed E-state index contributed by atoms with van der Waals surface area (Å²) in [4.78, 5) is 0. The number of hydrogen-bond acceptors (Lipinski definition) is 5. The number of benzene rings is 1. The molecule has 0 radical (unpaired) electrons. The molecule has 0 fully saturated rings. The molecule has 1 aromatic heterocycles. The van der Waals surface area contributed by atoms with E-state index in [1.807, 2.05) is 0 Å². The van der Waals surface area contributed by atoms with E-state index in [4.69, 9.17) is 10.2 Å². The highest BCUT2D eigenvalue weighted by atomic mass is 32.2. The second-order valence-corrected chi connectivity index (χ2v) is 4.45. The number of hydrogen-bond donors (Lipinski definition) is 1. The van der Waals surface area contributed by atoms with Crippen LogP contribution in [0.4, 0.5) is 4.39 Å². The number of nitrogens with zero attached hydrogens (tertiary/aromatic N) is 2. The lowest BCUT2D eigenvalue weighted by Gasteiger charge is -1.96. The van der Waals surface area contributed by atoms with Gasteiger partial charge in [-0.25, -0.2) is 4.39 Å². The van der Waals surface area contributed by atoms with E-state index < -0.39 is 0 Å². The van der Waals surface area contributed by atoms with Crippen molar-refractivity contribution in [2.75, 3.05) is 12.3 Å². The molecular formula is C11H12FN3OS.